The molecule has 0 radical (unpaired) electrons. The molecule has 0 fully saturated rings. The van der Waals surface area contributed by atoms with Crippen molar-refractivity contribution in [2.24, 2.45) is 5.73 Å². The summed E-state index contributed by atoms with van der Waals surface area (Å²) in [6.45, 7) is 0. The first-order chi connectivity index (χ1) is 10.7. The third kappa shape index (κ3) is 3.68. The van der Waals surface area contributed by atoms with Crippen LogP contribution >= 0.6 is 27.3 Å². The predicted molar refractivity (Wildman–Crippen MR) is 92.2 cm³/mol. The number of anilines is 2. The van der Waals surface area contributed by atoms with Gasteiger partial charge in [-0.15, -0.1) is 11.3 Å². The minimum absolute atomic E-state index is 0.151. The lowest BCUT2D eigenvalue weighted by Crippen LogP contribution is -2.14. The fourth-order valence-corrected chi connectivity index (χ4v) is 3.19. The Hall–Kier alpha value is -1.83. The largest absolute Gasteiger partial charge is 0.322 e. The minimum atomic E-state index is -0.151. The molecule has 0 saturated carbocycles. The van der Waals surface area contributed by atoms with Crippen molar-refractivity contribution in [3.63, 3.8) is 0 Å². The Kier molecular flexibility index (Phi) is 4.77. The van der Waals surface area contributed by atoms with E-state index in [2.05, 4.69) is 42.3 Å². The number of nitrogens with two attached hydrogens (primary N) is 1. The third-order valence-electron chi connectivity index (χ3n) is 3.08. The van der Waals surface area contributed by atoms with E-state index >= 15 is 0 Å². The highest BCUT2D eigenvalue weighted by atomic mass is 79.9. The number of rotatable bonds is 5. The first-order valence-corrected chi connectivity index (χ1v) is 8.38. The van der Waals surface area contributed by atoms with E-state index in [1.54, 1.807) is 18.5 Å². The zero-order valence-electron chi connectivity index (χ0n) is 11.6. The van der Waals surface area contributed by atoms with Crippen molar-refractivity contribution in [3.8, 4) is 0 Å². The maximum Gasteiger partial charge on any atom is 0.228 e. The van der Waals surface area contributed by atoms with Crippen molar-refractivity contribution >= 4 is 38.3 Å². The molecule has 0 unspecified atom stereocenters. The average molecular weight is 376 g/mol. The molecule has 22 heavy (non-hydrogen) atoms. The van der Waals surface area contributed by atoms with Gasteiger partial charge in [0.2, 0.25) is 5.95 Å². The summed E-state index contributed by atoms with van der Waals surface area (Å²) in [6.07, 6.45) is 4.09. The Morgan fingerprint density at radius 2 is 1.95 bits per heavy atom. The smallest absolute Gasteiger partial charge is 0.228 e. The molecule has 0 aliphatic carbocycles. The van der Waals surface area contributed by atoms with E-state index in [1.807, 2.05) is 23.6 Å². The summed E-state index contributed by atoms with van der Waals surface area (Å²) < 4.78 is 1.07. The van der Waals surface area contributed by atoms with Crippen molar-refractivity contribution in [1.29, 1.82) is 0 Å². The summed E-state index contributed by atoms with van der Waals surface area (Å²) in [6, 6.07) is 9.70. The summed E-state index contributed by atoms with van der Waals surface area (Å²) in [7, 11) is 0. The highest BCUT2D eigenvalue weighted by Gasteiger charge is 2.13. The van der Waals surface area contributed by atoms with Gasteiger partial charge in [0, 0.05) is 22.2 Å². The molecular formula is C15H14BrN5S. The highest BCUT2D eigenvalue weighted by molar-refractivity contribution is 9.10. The standard InChI is InChI=1S/C15H14BrN5S/c16-11-5-2-1-4-10(11)8-12(17)13-9-22-15(20-13)21-14-18-6-3-7-19-14/h1-7,9,12H,8,17H2,(H,18,19,20,21)/t12-/m1/s1. The lowest BCUT2D eigenvalue weighted by molar-refractivity contribution is 0.701. The molecule has 0 spiro atoms. The zero-order chi connectivity index (χ0) is 15.4. The summed E-state index contributed by atoms with van der Waals surface area (Å²) in [4.78, 5) is 12.7. The number of halogens is 1. The van der Waals surface area contributed by atoms with Gasteiger partial charge in [0.05, 0.1) is 11.7 Å². The second-order valence-electron chi connectivity index (χ2n) is 4.68. The van der Waals surface area contributed by atoms with Crippen LogP contribution in [0.3, 0.4) is 0 Å². The van der Waals surface area contributed by atoms with Gasteiger partial charge in [-0.05, 0) is 24.1 Å². The molecule has 1 aromatic carbocycles. The van der Waals surface area contributed by atoms with Gasteiger partial charge in [0.25, 0.3) is 0 Å². The van der Waals surface area contributed by atoms with E-state index in [0.717, 1.165) is 21.7 Å². The van der Waals surface area contributed by atoms with Crippen molar-refractivity contribution in [2.45, 2.75) is 12.5 Å². The van der Waals surface area contributed by atoms with Crippen LogP contribution in [0.1, 0.15) is 17.3 Å². The first-order valence-electron chi connectivity index (χ1n) is 6.71. The highest BCUT2D eigenvalue weighted by Crippen LogP contribution is 2.25. The van der Waals surface area contributed by atoms with Crippen LogP contribution in [0, 0.1) is 0 Å². The maximum atomic E-state index is 6.27. The summed E-state index contributed by atoms with van der Waals surface area (Å²) >= 11 is 5.04. The monoisotopic (exact) mass is 375 g/mol. The van der Waals surface area contributed by atoms with Gasteiger partial charge in [-0.25, -0.2) is 15.0 Å². The first kappa shape index (κ1) is 15.1. The lowest BCUT2D eigenvalue weighted by Gasteiger charge is -2.10. The molecule has 0 amide bonds. The van der Waals surface area contributed by atoms with Crippen molar-refractivity contribution in [1.82, 2.24) is 15.0 Å². The van der Waals surface area contributed by atoms with Gasteiger partial charge < -0.3 is 11.1 Å². The minimum Gasteiger partial charge on any atom is -0.322 e. The Morgan fingerprint density at radius 1 is 1.18 bits per heavy atom. The van der Waals surface area contributed by atoms with Crippen molar-refractivity contribution in [2.75, 3.05) is 5.32 Å². The molecule has 3 aromatic rings. The van der Waals surface area contributed by atoms with E-state index in [-0.39, 0.29) is 6.04 Å². The molecule has 3 N–H and O–H groups in total. The third-order valence-corrected chi connectivity index (χ3v) is 4.63. The molecular weight excluding hydrogens is 362 g/mol. The zero-order valence-corrected chi connectivity index (χ0v) is 14.0. The van der Waals surface area contributed by atoms with E-state index in [0.29, 0.717) is 5.95 Å². The summed E-state index contributed by atoms with van der Waals surface area (Å²) in [5.41, 5.74) is 8.30. The second-order valence-corrected chi connectivity index (χ2v) is 6.39. The second kappa shape index (κ2) is 6.95. The fourth-order valence-electron chi connectivity index (χ4n) is 1.98. The number of nitrogens with zero attached hydrogens (tertiary/aromatic N) is 3. The number of thiazole rings is 1. The number of benzene rings is 1. The molecule has 1 atom stereocenters. The van der Waals surface area contributed by atoms with Crippen LogP contribution < -0.4 is 11.1 Å². The Bertz CT molecular complexity index is 746. The van der Waals surface area contributed by atoms with E-state index in [4.69, 9.17) is 5.73 Å². The number of hydrogen-bond acceptors (Lipinski definition) is 6. The van der Waals surface area contributed by atoms with Crippen LogP contribution in [-0.4, -0.2) is 15.0 Å². The SMILES string of the molecule is N[C@H](Cc1ccccc1Br)c1csc(Nc2ncccn2)n1. The quantitative estimate of drug-likeness (QED) is 0.710. The van der Waals surface area contributed by atoms with Gasteiger partial charge in [0.1, 0.15) is 0 Å². The number of hydrogen-bond donors (Lipinski definition) is 2. The Labute approximate surface area is 140 Å². The molecule has 5 nitrogen and oxygen atoms in total. The molecule has 3 rings (SSSR count). The number of aromatic nitrogens is 3. The van der Waals surface area contributed by atoms with Crippen LogP contribution in [-0.2, 0) is 6.42 Å². The van der Waals surface area contributed by atoms with Gasteiger partial charge in [-0.2, -0.15) is 0 Å². The molecule has 0 saturated heterocycles. The van der Waals surface area contributed by atoms with Crippen LogP contribution in [0.15, 0.2) is 52.6 Å². The molecule has 2 heterocycles. The van der Waals surface area contributed by atoms with E-state index in [9.17, 15) is 0 Å². The van der Waals surface area contributed by atoms with E-state index < -0.39 is 0 Å². The number of nitrogens with one attached hydrogen (secondary N) is 1. The molecule has 0 aliphatic heterocycles. The van der Waals surface area contributed by atoms with Gasteiger partial charge in [0.15, 0.2) is 5.13 Å². The predicted octanol–water partition coefficient (Wildman–Crippen LogP) is 3.68. The molecule has 0 aliphatic rings. The van der Waals surface area contributed by atoms with Crippen LogP contribution in [0.25, 0.3) is 0 Å². The lowest BCUT2D eigenvalue weighted by atomic mass is 10.1. The molecule has 7 heteroatoms. The Balaban J connectivity index is 1.69. The topological polar surface area (TPSA) is 76.7 Å². The van der Waals surface area contributed by atoms with Crippen molar-refractivity contribution < 1.29 is 0 Å². The van der Waals surface area contributed by atoms with Crippen LogP contribution in [0.4, 0.5) is 11.1 Å². The summed E-state index contributed by atoms with van der Waals surface area (Å²) in [5.74, 6) is 0.530. The average Bonchev–Trinajstić information content (AvgIpc) is 2.99. The van der Waals surface area contributed by atoms with Crippen molar-refractivity contribution in [3.05, 3.63) is 63.8 Å². The molecule has 112 valence electrons. The van der Waals surface area contributed by atoms with Crippen LogP contribution in [0.2, 0.25) is 0 Å². The maximum absolute atomic E-state index is 6.27. The normalized spacial score (nSPS) is 12.1. The van der Waals surface area contributed by atoms with Crippen LogP contribution in [0.5, 0.6) is 0 Å². The Morgan fingerprint density at radius 3 is 2.73 bits per heavy atom. The fraction of sp³-hybridized carbons (Fsp3) is 0.133. The van der Waals surface area contributed by atoms with Gasteiger partial charge in [-0.3, -0.25) is 0 Å². The summed E-state index contributed by atoms with van der Waals surface area (Å²) in [5, 5.41) is 5.78. The molecule has 0 bridgehead atoms. The van der Waals surface area contributed by atoms with E-state index in [1.165, 1.54) is 16.9 Å². The molecule has 2 aromatic heterocycles. The van der Waals surface area contributed by atoms with Gasteiger partial charge >= 0.3 is 0 Å². The van der Waals surface area contributed by atoms with Gasteiger partial charge in [-0.1, -0.05) is 34.1 Å².